The number of carbonyl (C=O) groups excluding carboxylic acids is 1. The maximum absolute atomic E-state index is 16.1. The summed E-state index contributed by atoms with van der Waals surface area (Å²) >= 11 is 0. The van der Waals surface area contributed by atoms with Gasteiger partial charge in [-0.2, -0.15) is 13.2 Å². The van der Waals surface area contributed by atoms with Gasteiger partial charge in [0.05, 0.1) is 30.2 Å². The predicted octanol–water partition coefficient (Wildman–Crippen LogP) is 5.71. The Bertz CT molecular complexity index is 1620. The number of hydrogen-bond donors (Lipinski definition) is 1. The van der Waals surface area contributed by atoms with E-state index in [2.05, 4.69) is 10.2 Å². The lowest BCUT2D eigenvalue weighted by atomic mass is 9.74. The average Bonchev–Trinajstić information content (AvgIpc) is 3.44. The van der Waals surface area contributed by atoms with E-state index in [9.17, 15) is 22.8 Å². The van der Waals surface area contributed by atoms with Crippen molar-refractivity contribution in [2.45, 2.75) is 51.0 Å². The number of amides is 2. The molecule has 3 aliphatic rings. The summed E-state index contributed by atoms with van der Waals surface area (Å²) < 4.78 is 67.1. The van der Waals surface area contributed by atoms with E-state index in [1.807, 2.05) is 0 Å². The van der Waals surface area contributed by atoms with Gasteiger partial charge >= 0.3 is 12.3 Å². The molecule has 1 aromatic heterocycles. The molecular weight excluding hydrogens is 582 g/mol. The monoisotopic (exact) mass is 615 g/mol. The molecule has 0 radical (unpaired) electrons. The summed E-state index contributed by atoms with van der Waals surface area (Å²) in [6, 6.07) is 8.37. The van der Waals surface area contributed by atoms with Gasteiger partial charge in [0.25, 0.3) is 5.91 Å². The molecule has 2 aromatic carbocycles. The number of carboxylic acid groups (broad SMARTS) is 1. The standard InChI is InChI=1S/C31H33F4N5O4/c1-29(2,3)25-23-21(9-17(10-22(23)31(33,34)35)8-18-12-39(13-18)28(42)43)27(41)40(25)20-7-5-6-19(11-20)30(14-44-15-30)24(32)26-37-36-16-38(26)4/h5-7,9-11,16,18,24-25H,8,12-15H2,1-4H3,(H,42,43). The zero-order valence-corrected chi connectivity index (χ0v) is 24.7. The SMILES string of the molecule is Cn1cnnc1C(F)C1(c2cccc(N3C(=O)c4cc(CC5CN(C(=O)O)C5)cc(C(F)(F)F)c4C3C(C)(C)C)c2)COC1. The third kappa shape index (κ3) is 4.81. The van der Waals surface area contributed by atoms with Crippen LogP contribution in [0.1, 0.15) is 71.4 Å². The fourth-order valence-electron chi connectivity index (χ4n) is 6.70. The lowest BCUT2D eigenvalue weighted by Gasteiger charge is -2.44. The second-order valence-corrected chi connectivity index (χ2v) is 13.2. The largest absolute Gasteiger partial charge is 0.465 e. The highest BCUT2D eigenvalue weighted by atomic mass is 19.4. The van der Waals surface area contributed by atoms with Crippen LogP contribution in [0.2, 0.25) is 0 Å². The van der Waals surface area contributed by atoms with Crippen LogP contribution in [0.4, 0.5) is 28.0 Å². The normalized spacial score (nSPS) is 20.7. The Hall–Kier alpha value is -4.00. The van der Waals surface area contributed by atoms with Crippen molar-refractivity contribution < 1.29 is 37.0 Å². The van der Waals surface area contributed by atoms with Gasteiger partial charge in [0.2, 0.25) is 0 Å². The minimum atomic E-state index is -4.74. The highest BCUT2D eigenvalue weighted by Crippen LogP contribution is 2.53. The first-order chi connectivity index (χ1) is 20.6. The molecule has 4 heterocycles. The summed E-state index contributed by atoms with van der Waals surface area (Å²) in [5.41, 5.74) is -1.69. The Morgan fingerprint density at radius 2 is 1.86 bits per heavy atom. The smallest absolute Gasteiger partial charge is 0.416 e. The highest BCUT2D eigenvalue weighted by Gasteiger charge is 2.52. The van der Waals surface area contributed by atoms with Crippen molar-refractivity contribution in [1.29, 1.82) is 0 Å². The summed E-state index contributed by atoms with van der Waals surface area (Å²) in [5.74, 6) is -0.596. The topological polar surface area (TPSA) is 101 Å². The van der Waals surface area contributed by atoms with Crippen LogP contribution < -0.4 is 4.90 Å². The molecule has 0 bridgehead atoms. The lowest BCUT2D eigenvalue weighted by Crippen LogP contribution is -2.50. The van der Waals surface area contributed by atoms with E-state index in [0.717, 1.165) is 6.07 Å². The van der Waals surface area contributed by atoms with Crippen molar-refractivity contribution in [3.63, 3.8) is 0 Å². The van der Waals surface area contributed by atoms with E-state index in [4.69, 9.17) is 9.84 Å². The number of ether oxygens (including phenoxy) is 1. The maximum atomic E-state index is 16.1. The average molecular weight is 616 g/mol. The Morgan fingerprint density at radius 3 is 2.41 bits per heavy atom. The zero-order chi connectivity index (χ0) is 31.8. The molecule has 2 unspecified atom stereocenters. The Labute approximate surface area is 251 Å². The minimum absolute atomic E-state index is 0.0290. The first-order valence-corrected chi connectivity index (χ1v) is 14.3. The van der Waals surface area contributed by atoms with E-state index in [1.165, 1.54) is 26.8 Å². The predicted molar refractivity (Wildman–Crippen MR) is 151 cm³/mol. The Kier molecular flexibility index (Phi) is 7.02. The van der Waals surface area contributed by atoms with E-state index >= 15 is 4.39 Å². The molecule has 234 valence electrons. The maximum Gasteiger partial charge on any atom is 0.416 e. The number of aryl methyl sites for hydroxylation is 1. The van der Waals surface area contributed by atoms with Crippen molar-refractivity contribution in [3.8, 4) is 0 Å². The first kappa shape index (κ1) is 30.0. The van der Waals surface area contributed by atoms with Gasteiger partial charge in [-0.1, -0.05) is 32.9 Å². The molecule has 2 saturated heterocycles. The summed E-state index contributed by atoms with van der Waals surface area (Å²) in [5, 5.41) is 16.9. The molecule has 9 nitrogen and oxygen atoms in total. The zero-order valence-electron chi connectivity index (χ0n) is 24.7. The quantitative estimate of drug-likeness (QED) is 0.357. The minimum Gasteiger partial charge on any atom is -0.465 e. The number of likely N-dealkylation sites (tertiary alicyclic amines) is 1. The van der Waals surface area contributed by atoms with Crippen LogP contribution >= 0.6 is 0 Å². The number of nitrogens with zero attached hydrogens (tertiary/aromatic N) is 5. The summed E-state index contributed by atoms with van der Waals surface area (Å²) in [6.45, 7) is 5.92. The fourth-order valence-corrected chi connectivity index (χ4v) is 6.70. The van der Waals surface area contributed by atoms with E-state index in [0.29, 0.717) is 16.8 Å². The van der Waals surface area contributed by atoms with Crippen LogP contribution in [-0.2, 0) is 29.8 Å². The summed E-state index contributed by atoms with van der Waals surface area (Å²) in [6.07, 6.45) is -5.77. The third-order valence-corrected chi connectivity index (χ3v) is 8.98. The molecule has 2 fully saturated rings. The number of benzene rings is 2. The van der Waals surface area contributed by atoms with Gasteiger partial charge < -0.3 is 24.2 Å². The van der Waals surface area contributed by atoms with Crippen molar-refractivity contribution >= 4 is 17.7 Å². The number of hydrogen-bond acceptors (Lipinski definition) is 5. The number of carbonyl (C=O) groups is 2. The fraction of sp³-hybridized carbons (Fsp3) is 0.484. The van der Waals surface area contributed by atoms with Crippen LogP contribution in [0.3, 0.4) is 0 Å². The van der Waals surface area contributed by atoms with Crippen LogP contribution in [0.15, 0.2) is 42.7 Å². The van der Waals surface area contributed by atoms with Crippen molar-refractivity contribution in [2.75, 3.05) is 31.2 Å². The molecule has 13 heteroatoms. The molecule has 1 N–H and O–H groups in total. The molecule has 2 atom stereocenters. The lowest BCUT2D eigenvalue weighted by molar-refractivity contribution is -0.138. The van der Waals surface area contributed by atoms with E-state index < -0.39 is 46.8 Å². The number of alkyl halides is 4. The number of aromatic nitrogens is 3. The Morgan fingerprint density at radius 1 is 1.16 bits per heavy atom. The molecule has 0 saturated carbocycles. The van der Waals surface area contributed by atoms with Gasteiger partial charge in [-0.05, 0) is 53.1 Å². The van der Waals surface area contributed by atoms with Crippen LogP contribution in [0.5, 0.6) is 0 Å². The van der Waals surface area contributed by atoms with Crippen LogP contribution in [0.25, 0.3) is 0 Å². The third-order valence-electron chi connectivity index (χ3n) is 8.98. The molecule has 6 rings (SSSR count). The Balaban J connectivity index is 1.42. The molecule has 2 amide bonds. The highest BCUT2D eigenvalue weighted by molar-refractivity contribution is 6.11. The molecule has 3 aliphatic heterocycles. The first-order valence-electron chi connectivity index (χ1n) is 14.3. The molecule has 0 spiro atoms. The number of rotatable bonds is 6. The van der Waals surface area contributed by atoms with Gasteiger partial charge in [0, 0.05) is 37.0 Å². The van der Waals surface area contributed by atoms with Crippen LogP contribution in [-0.4, -0.2) is 63.1 Å². The second-order valence-electron chi connectivity index (χ2n) is 13.2. The summed E-state index contributed by atoms with van der Waals surface area (Å²) in [4.78, 5) is 27.9. The van der Waals surface area contributed by atoms with Gasteiger partial charge in [-0.25, -0.2) is 9.18 Å². The van der Waals surface area contributed by atoms with Crippen molar-refractivity contribution in [1.82, 2.24) is 19.7 Å². The second kappa shape index (κ2) is 10.3. The van der Waals surface area contributed by atoms with Gasteiger partial charge in [0.15, 0.2) is 12.0 Å². The van der Waals surface area contributed by atoms with E-state index in [1.54, 1.807) is 52.1 Å². The van der Waals surface area contributed by atoms with Gasteiger partial charge in [-0.3, -0.25) is 4.79 Å². The molecule has 44 heavy (non-hydrogen) atoms. The number of halogens is 4. The van der Waals surface area contributed by atoms with Crippen molar-refractivity contribution in [2.24, 2.45) is 18.4 Å². The number of anilines is 1. The summed E-state index contributed by atoms with van der Waals surface area (Å²) in [7, 11) is 1.64. The number of fused-ring (bicyclic) bond motifs is 1. The molecule has 0 aliphatic carbocycles. The van der Waals surface area contributed by atoms with Crippen molar-refractivity contribution in [3.05, 3.63) is 76.4 Å². The van der Waals surface area contributed by atoms with Gasteiger partial charge in [-0.15, -0.1) is 10.2 Å². The van der Waals surface area contributed by atoms with E-state index in [-0.39, 0.29) is 55.6 Å². The van der Waals surface area contributed by atoms with Gasteiger partial charge in [0.1, 0.15) is 6.33 Å². The molecule has 3 aromatic rings. The molecular formula is C31H33F4N5O4. The van der Waals surface area contributed by atoms with Crippen LogP contribution in [0, 0.1) is 11.3 Å².